The van der Waals surface area contributed by atoms with Crippen molar-refractivity contribution in [3.63, 3.8) is 0 Å². The summed E-state index contributed by atoms with van der Waals surface area (Å²) in [7, 11) is 0. The van der Waals surface area contributed by atoms with Crippen LogP contribution in [0.3, 0.4) is 0 Å². The van der Waals surface area contributed by atoms with Crippen molar-refractivity contribution in [1.29, 1.82) is 0 Å². The molecule has 0 spiro atoms. The van der Waals surface area contributed by atoms with Crippen molar-refractivity contribution in [1.82, 2.24) is 18.9 Å². The lowest BCUT2D eigenvalue weighted by Crippen LogP contribution is -2.42. The van der Waals surface area contributed by atoms with Gasteiger partial charge in [0.2, 0.25) is 5.91 Å². The van der Waals surface area contributed by atoms with Crippen molar-refractivity contribution in [3.05, 3.63) is 92.3 Å². The molecule has 35 heavy (non-hydrogen) atoms. The number of aryl methyl sites for hydroxylation is 3. The fraction of sp³-hybridized carbons (Fsp3) is 0.269. The lowest BCUT2D eigenvalue weighted by atomic mass is 10.1. The molecule has 2 aromatic carbocycles. The second kappa shape index (κ2) is 9.92. The molecule has 9 nitrogen and oxygen atoms in total. The number of hydrogen-bond donors (Lipinski definition) is 1. The number of anilines is 1. The maximum atomic E-state index is 13.5. The minimum absolute atomic E-state index is 0.118. The van der Waals surface area contributed by atoms with Gasteiger partial charge in [0.15, 0.2) is 11.3 Å². The Balaban J connectivity index is 1.74. The fourth-order valence-corrected chi connectivity index (χ4v) is 4.18. The van der Waals surface area contributed by atoms with E-state index in [1.807, 2.05) is 37.3 Å². The topological polar surface area (TPSA) is 108 Å². The van der Waals surface area contributed by atoms with Gasteiger partial charge in [-0.3, -0.25) is 28.2 Å². The van der Waals surface area contributed by atoms with E-state index in [4.69, 9.17) is 0 Å². The first-order chi connectivity index (χ1) is 16.8. The third kappa shape index (κ3) is 4.84. The Hall–Kier alpha value is -4.27. The summed E-state index contributed by atoms with van der Waals surface area (Å²) in [5, 5.41) is 7.17. The Morgan fingerprint density at radius 3 is 2.40 bits per heavy atom. The number of amides is 1. The summed E-state index contributed by atoms with van der Waals surface area (Å²) in [5.74, 6) is -0.571. The summed E-state index contributed by atoms with van der Waals surface area (Å²) in [5.41, 5.74) is 2.07. The molecule has 1 amide bonds. The van der Waals surface area contributed by atoms with Crippen molar-refractivity contribution in [3.8, 4) is 0 Å². The Kier molecular flexibility index (Phi) is 6.77. The third-order valence-corrected chi connectivity index (χ3v) is 5.90. The molecule has 1 N–H and O–H groups in total. The molecule has 0 saturated heterocycles. The first-order valence-electron chi connectivity index (χ1n) is 11.5. The number of aromatic nitrogens is 4. The number of nitrogens with zero attached hydrogens (tertiary/aromatic N) is 4. The van der Waals surface area contributed by atoms with Crippen LogP contribution in [0.25, 0.3) is 11.0 Å². The van der Waals surface area contributed by atoms with Crippen LogP contribution >= 0.6 is 0 Å². The van der Waals surface area contributed by atoms with Crippen LogP contribution in [-0.4, -0.2) is 30.6 Å². The summed E-state index contributed by atoms with van der Waals surface area (Å²) in [4.78, 5) is 51.4. The van der Waals surface area contributed by atoms with E-state index in [0.717, 1.165) is 5.56 Å². The van der Waals surface area contributed by atoms with Gasteiger partial charge in [-0.25, -0.2) is 4.79 Å². The van der Waals surface area contributed by atoms with Crippen LogP contribution in [0.15, 0.2) is 64.2 Å². The van der Waals surface area contributed by atoms with E-state index in [9.17, 15) is 19.2 Å². The van der Waals surface area contributed by atoms with Crippen molar-refractivity contribution in [2.24, 2.45) is 0 Å². The van der Waals surface area contributed by atoms with Crippen LogP contribution < -0.4 is 16.6 Å². The van der Waals surface area contributed by atoms with E-state index < -0.39 is 17.2 Å². The van der Waals surface area contributed by atoms with Crippen LogP contribution in [0, 0.1) is 6.92 Å². The Bertz CT molecular complexity index is 1530. The predicted molar refractivity (Wildman–Crippen MR) is 134 cm³/mol. The van der Waals surface area contributed by atoms with Gasteiger partial charge in [-0.2, -0.15) is 5.10 Å². The summed E-state index contributed by atoms with van der Waals surface area (Å²) in [6.45, 7) is 5.34. The second-order valence-electron chi connectivity index (χ2n) is 8.34. The van der Waals surface area contributed by atoms with Crippen LogP contribution in [0.5, 0.6) is 0 Å². The SMILES string of the molecule is CCn1nc(C)c2c1c(=O)n(CCc1ccccc1)c(=O)n2CC(=O)Nc1cccc(C(C)=O)c1. The molecular formula is C26H27N5O4. The number of benzene rings is 2. The minimum Gasteiger partial charge on any atom is -0.325 e. The van der Waals surface area contributed by atoms with E-state index in [1.165, 1.54) is 16.1 Å². The largest absolute Gasteiger partial charge is 0.332 e. The highest BCUT2D eigenvalue weighted by Gasteiger charge is 2.21. The highest BCUT2D eigenvalue weighted by molar-refractivity contribution is 5.97. The molecule has 0 radical (unpaired) electrons. The number of rotatable bonds is 8. The summed E-state index contributed by atoms with van der Waals surface area (Å²) < 4.78 is 4.04. The van der Waals surface area contributed by atoms with Crippen molar-refractivity contribution in [2.45, 2.75) is 46.8 Å². The zero-order valence-electron chi connectivity index (χ0n) is 19.9. The number of ketones is 1. The second-order valence-corrected chi connectivity index (χ2v) is 8.34. The molecule has 0 saturated carbocycles. The highest BCUT2D eigenvalue weighted by atomic mass is 16.2. The predicted octanol–water partition coefficient (Wildman–Crippen LogP) is 2.77. The number of carbonyl (C=O) groups is 2. The van der Waals surface area contributed by atoms with Gasteiger partial charge in [-0.1, -0.05) is 42.5 Å². The molecule has 4 rings (SSSR count). The molecule has 0 aliphatic rings. The molecule has 2 aromatic heterocycles. The van der Waals surface area contributed by atoms with Crippen LogP contribution in [0.2, 0.25) is 0 Å². The molecule has 180 valence electrons. The molecule has 4 aromatic rings. The Labute approximate surface area is 201 Å². The fourth-order valence-electron chi connectivity index (χ4n) is 4.18. The van der Waals surface area contributed by atoms with E-state index >= 15 is 0 Å². The molecule has 0 fully saturated rings. The van der Waals surface area contributed by atoms with Gasteiger partial charge in [0, 0.05) is 24.3 Å². The first-order valence-corrected chi connectivity index (χ1v) is 11.5. The van der Waals surface area contributed by atoms with E-state index in [2.05, 4.69) is 10.4 Å². The molecule has 2 heterocycles. The van der Waals surface area contributed by atoms with Crippen molar-refractivity contribution in [2.75, 3.05) is 5.32 Å². The van der Waals surface area contributed by atoms with Gasteiger partial charge in [-0.05, 0) is 44.9 Å². The third-order valence-electron chi connectivity index (χ3n) is 5.90. The zero-order valence-corrected chi connectivity index (χ0v) is 19.9. The number of hydrogen-bond acceptors (Lipinski definition) is 5. The van der Waals surface area contributed by atoms with Gasteiger partial charge in [-0.15, -0.1) is 0 Å². The van der Waals surface area contributed by atoms with Gasteiger partial charge in [0.05, 0.1) is 5.69 Å². The zero-order chi connectivity index (χ0) is 25.1. The number of Topliss-reactive ketones (excluding diaryl/α,β-unsaturated/α-hetero) is 1. The van der Waals surface area contributed by atoms with E-state index in [0.29, 0.717) is 40.9 Å². The van der Waals surface area contributed by atoms with Gasteiger partial charge < -0.3 is 5.32 Å². The quantitative estimate of drug-likeness (QED) is 0.396. The van der Waals surface area contributed by atoms with Crippen LogP contribution in [-0.2, 0) is 30.8 Å². The monoisotopic (exact) mass is 473 g/mol. The van der Waals surface area contributed by atoms with Crippen molar-refractivity contribution >= 4 is 28.4 Å². The lowest BCUT2D eigenvalue weighted by Gasteiger charge is -2.13. The molecular weight excluding hydrogens is 446 g/mol. The molecule has 0 unspecified atom stereocenters. The van der Waals surface area contributed by atoms with E-state index in [-0.39, 0.29) is 18.9 Å². The molecule has 0 atom stereocenters. The average molecular weight is 474 g/mol. The summed E-state index contributed by atoms with van der Waals surface area (Å²) in [6, 6.07) is 16.2. The number of nitrogens with one attached hydrogen (secondary N) is 1. The molecule has 0 bridgehead atoms. The number of fused-ring (bicyclic) bond motifs is 1. The maximum absolute atomic E-state index is 13.5. The first kappa shape index (κ1) is 23.9. The standard InChI is InChI=1S/C26H27N5O4/c1-4-31-24-23(17(2)28-31)30(16-22(33)27-21-12-8-11-20(15-21)18(3)32)26(35)29(25(24)34)14-13-19-9-6-5-7-10-19/h5-12,15H,4,13-14,16H2,1-3H3,(H,27,33). The summed E-state index contributed by atoms with van der Waals surface area (Å²) in [6.07, 6.45) is 0.491. The van der Waals surface area contributed by atoms with Crippen LogP contribution in [0.4, 0.5) is 5.69 Å². The number of carbonyl (C=O) groups excluding carboxylic acids is 2. The normalized spacial score (nSPS) is 11.1. The smallest absolute Gasteiger partial charge is 0.325 e. The maximum Gasteiger partial charge on any atom is 0.332 e. The van der Waals surface area contributed by atoms with Gasteiger partial charge in [0.25, 0.3) is 5.56 Å². The molecule has 0 aliphatic heterocycles. The highest BCUT2D eigenvalue weighted by Crippen LogP contribution is 2.15. The van der Waals surface area contributed by atoms with Gasteiger partial charge in [0.1, 0.15) is 12.1 Å². The van der Waals surface area contributed by atoms with Crippen molar-refractivity contribution < 1.29 is 9.59 Å². The summed E-state index contributed by atoms with van der Waals surface area (Å²) >= 11 is 0. The minimum atomic E-state index is -0.565. The molecule has 9 heteroatoms. The van der Waals surface area contributed by atoms with Gasteiger partial charge >= 0.3 is 5.69 Å². The van der Waals surface area contributed by atoms with E-state index in [1.54, 1.807) is 35.9 Å². The lowest BCUT2D eigenvalue weighted by molar-refractivity contribution is -0.116. The molecule has 0 aliphatic carbocycles. The Morgan fingerprint density at radius 2 is 1.71 bits per heavy atom. The van der Waals surface area contributed by atoms with Crippen LogP contribution in [0.1, 0.15) is 35.5 Å². The Morgan fingerprint density at radius 1 is 0.971 bits per heavy atom. The average Bonchev–Trinajstić information content (AvgIpc) is 3.19.